The second-order valence-electron chi connectivity index (χ2n) is 5.35. The first-order chi connectivity index (χ1) is 8.87. The zero-order valence-corrected chi connectivity index (χ0v) is 10.6. The highest BCUT2D eigenvalue weighted by atomic mass is 19.4. The van der Waals surface area contributed by atoms with E-state index in [-0.39, 0.29) is 5.41 Å². The number of rotatable bonds is 3. The van der Waals surface area contributed by atoms with Gasteiger partial charge in [-0.05, 0) is 37.0 Å². The number of hydrogen-bond acceptors (Lipinski definition) is 2. The van der Waals surface area contributed by atoms with Crippen molar-refractivity contribution in [2.45, 2.75) is 38.0 Å². The molecule has 2 nitrogen and oxygen atoms in total. The van der Waals surface area contributed by atoms with Crippen LogP contribution in [-0.2, 0) is 12.6 Å². The summed E-state index contributed by atoms with van der Waals surface area (Å²) in [5.41, 5.74) is 5.53. The molecular weight excluding hydrogens is 255 g/mol. The lowest BCUT2D eigenvalue weighted by Crippen LogP contribution is -2.39. The molecule has 1 aliphatic carbocycles. The molecule has 0 radical (unpaired) electrons. The molecule has 1 aromatic rings. The number of hydrogen-bond donors (Lipinski definition) is 2. The molecule has 1 saturated carbocycles. The maximum atomic E-state index is 12.5. The second kappa shape index (κ2) is 5.13. The summed E-state index contributed by atoms with van der Waals surface area (Å²) in [7, 11) is 0. The number of benzene rings is 1. The van der Waals surface area contributed by atoms with Crippen LogP contribution in [-0.4, -0.2) is 17.8 Å². The first-order valence-corrected chi connectivity index (χ1v) is 6.42. The maximum absolute atomic E-state index is 12.5. The van der Waals surface area contributed by atoms with Crippen LogP contribution in [0, 0.1) is 5.41 Å². The molecule has 0 aliphatic heterocycles. The van der Waals surface area contributed by atoms with Crippen molar-refractivity contribution in [3.05, 3.63) is 35.4 Å². The molecule has 3 N–H and O–H groups in total. The van der Waals surface area contributed by atoms with Gasteiger partial charge in [-0.1, -0.05) is 18.6 Å². The Labute approximate surface area is 110 Å². The zero-order chi connectivity index (χ0) is 14.1. The molecule has 0 amide bonds. The molecule has 5 heteroatoms. The van der Waals surface area contributed by atoms with Gasteiger partial charge in [0.2, 0.25) is 0 Å². The van der Waals surface area contributed by atoms with Gasteiger partial charge < -0.3 is 10.8 Å². The first kappa shape index (κ1) is 14.3. The van der Waals surface area contributed by atoms with Gasteiger partial charge in [-0.25, -0.2) is 0 Å². The summed E-state index contributed by atoms with van der Waals surface area (Å²) in [6.07, 6.45) is -1.78. The molecule has 2 unspecified atom stereocenters. The summed E-state index contributed by atoms with van der Waals surface area (Å²) in [5, 5.41) is 10.0. The van der Waals surface area contributed by atoms with Gasteiger partial charge in [-0.2, -0.15) is 13.2 Å². The summed E-state index contributed by atoms with van der Waals surface area (Å²) in [5.74, 6) is 0. The predicted octanol–water partition coefficient (Wildman–Crippen LogP) is 2.74. The Morgan fingerprint density at radius 2 is 1.89 bits per heavy atom. The summed E-state index contributed by atoms with van der Waals surface area (Å²) < 4.78 is 37.4. The molecule has 19 heavy (non-hydrogen) atoms. The van der Waals surface area contributed by atoms with Crippen LogP contribution in [0.25, 0.3) is 0 Å². The minimum atomic E-state index is -4.31. The van der Waals surface area contributed by atoms with Crippen molar-refractivity contribution in [3.63, 3.8) is 0 Å². The smallest absolute Gasteiger partial charge is 0.392 e. The Kier molecular flexibility index (Phi) is 3.87. The van der Waals surface area contributed by atoms with Crippen LogP contribution in [0.3, 0.4) is 0 Å². The van der Waals surface area contributed by atoms with Crippen LogP contribution in [0.15, 0.2) is 24.3 Å². The number of aliphatic hydroxyl groups is 1. The molecule has 0 heterocycles. The van der Waals surface area contributed by atoms with Crippen LogP contribution < -0.4 is 5.73 Å². The molecule has 0 aromatic heterocycles. The highest BCUT2D eigenvalue weighted by Gasteiger charge is 2.40. The van der Waals surface area contributed by atoms with Crippen LogP contribution in [0.1, 0.15) is 30.4 Å². The third-order valence-corrected chi connectivity index (χ3v) is 4.10. The lowest BCUT2D eigenvalue weighted by atomic mass is 9.78. The van der Waals surface area contributed by atoms with E-state index in [4.69, 9.17) is 5.73 Å². The molecule has 1 aromatic carbocycles. The number of nitrogens with two attached hydrogens (primary N) is 1. The van der Waals surface area contributed by atoms with E-state index in [1.54, 1.807) is 0 Å². The van der Waals surface area contributed by atoms with Crippen molar-refractivity contribution in [2.75, 3.05) is 6.54 Å². The molecule has 1 aliphatic rings. The van der Waals surface area contributed by atoms with Gasteiger partial charge in [0.1, 0.15) is 0 Å². The fraction of sp³-hybridized carbons (Fsp3) is 0.571. The van der Waals surface area contributed by atoms with Crippen molar-refractivity contribution < 1.29 is 18.3 Å². The Hall–Kier alpha value is -1.07. The van der Waals surface area contributed by atoms with Crippen molar-refractivity contribution in [1.29, 1.82) is 0 Å². The fourth-order valence-electron chi connectivity index (χ4n) is 2.85. The van der Waals surface area contributed by atoms with Crippen molar-refractivity contribution in [3.8, 4) is 0 Å². The second-order valence-corrected chi connectivity index (χ2v) is 5.35. The molecule has 1 fully saturated rings. The van der Waals surface area contributed by atoms with E-state index < -0.39 is 17.8 Å². The Morgan fingerprint density at radius 3 is 2.32 bits per heavy atom. The zero-order valence-electron chi connectivity index (χ0n) is 10.6. The summed E-state index contributed by atoms with van der Waals surface area (Å²) in [6, 6.07) is 5.12. The molecule has 2 rings (SSSR count). The Morgan fingerprint density at radius 1 is 1.26 bits per heavy atom. The van der Waals surface area contributed by atoms with Crippen LogP contribution in [0.2, 0.25) is 0 Å². The van der Waals surface area contributed by atoms with E-state index >= 15 is 0 Å². The highest BCUT2D eigenvalue weighted by Crippen LogP contribution is 2.40. The van der Waals surface area contributed by atoms with Gasteiger partial charge >= 0.3 is 6.18 Å². The van der Waals surface area contributed by atoms with E-state index in [1.807, 2.05) is 0 Å². The largest absolute Gasteiger partial charge is 0.416 e. The quantitative estimate of drug-likeness (QED) is 0.889. The monoisotopic (exact) mass is 273 g/mol. The molecule has 0 saturated heterocycles. The maximum Gasteiger partial charge on any atom is 0.416 e. The van der Waals surface area contributed by atoms with Crippen LogP contribution in [0.5, 0.6) is 0 Å². The average Bonchev–Trinajstić information content (AvgIpc) is 2.71. The SMILES string of the molecule is NCC1(Cc2ccc(C(F)(F)F)cc2)CCCC1O. The average molecular weight is 273 g/mol. The highest BCUT2D eigenvalue weighted by molar-refractivity contribution is 5.26. The Bertz CT molecular complexity index is 429. The van der Waals surface area contributed by atoms with Gasteiger partial charge in [0, 0.05) is 12.0 Å². The lowest BCUT2D eigenvalue weighted by Gasteiger charge is -2.31. The minimum absolute atomic E-state index is 0.356. The van der Waals surface area contributed by atoms with Gasteiger partial charge in [0.15, 0.2) is 0 Å². The molecule has 2 atom stereocenters. The normalized spacial score (nSPS) is 27.7. The van der Waals surface area contributed by atoms with Gasteiger partial charge in [0.25, 0.3) is 0 Å². The molecular formula is C14H18F3NO. The summed E-state index contributed by atoms with van der Waals surface area (Å²) in [6.45, 7) is 0.356. The van der Waals surface area contributed by atoms with Crippen molar-refractivity contribution in [2.24, 2.45) is 11.1 Å². The summed E-state index contributed by atoms with van der Waals surface area (Å²) >= 11 is 0. The van der Waals surface area contributed by atoms with E-state index in [2.05, 4.69) is 0 Å². The van der Waals surface area contributed by atoms with Crippen LogP contribution >= 0.6 is 0 Å². The number of aliphatic hydroxyl groups excluding tert-OH is 1. The topological polar surface area (TPSA) is 46.2 Å². The van der Waals surface area contributed by atoms with E-state index in [0.717, 1.165) is 37.0 Å². The molecule has 0 bridgehead atoms. The molecule has 106 valence electrons. The lowest BCUT2D eigenvalue weighted by molar-refractivity contribution is -0.137. The third kappa shape index (κ3) is 2.92. The first-order valence-electron chi connectivity index (χ1n) is 6.42. The van der Waals surface area contributed by atoms with Gasteiger partial charge in [0.05, 0.1) is 11.7 Å². The summed E-state index contributed by atoms with van der Waals surface area (Å²) in [4.78, 5) is 0. The van der Waals surface area contributed by atoms with Crippen LogP contribution in [0.4, 0.5) is 13.2 Å². The van der Waals surface area contributed by atoms with Gasteiger partial charge in [-0.3, -0.25) is 0 Å². The third-order valence-electron chi connectivity index (χ3n) is 4.10. The molecule has 0 spiro atoms. The van der Waals surface area contributed by atoms with E-state index in [1.165, 1.54) is 12.1 Å². The minimum Gasteiger partial charge on any atom is -0.392 e. The van der Waals surface area contributed by atoms with E-state index in [0.29, 0.717) is 13.0 Å². The number of alkyl halides is 3. The number of halogens is 3. The Balaban J connectivity index is 2.15. The van der Waals surface area contributed by atoms with Crippen molar-refractivity contribution in [1.82, 2.24) is 0 Å². The van der Waals surface area contributed by atoms with Crippen molar-refractivity contribution >= 4 is 0 Å². The predicted molar refractivity (Wildman–Crippen MR) is 66.5 cm³/mol. The van der Waals surface area contributed by atoms with E-state index in [9.17, 15) is 18.3 Å². The fourth-order valence-corrected chi connectivity index (χ4v) is 2.85. The standard InChI is InChI=1S/C14H18F3NO/c15-14(16,17)11-5-3-10(4-6-11)8-13(9-18)7-1-2-12(13)19/h3-6,12,19H,1-2,7-9,18H2. The van der Waals surface area contributed by atoms with Gasteiger partial charge in [-0.15, -0.1) is 0 Å².